The largest absolute Gasteiger partial charge is 0.508 e. The van der Waals surface area contributed by atoms with Crippen LogP contribution in [0, 0.1) is 0 Å². The van der Waals surface area contributed by atoms with E-state index in [4.69, 9.17) is 0 Å². The van der Waals surface area contributed by atoms with Gasteiger partial charge in [-0.05, 0) is 58.1 Å². The summed E-state index contributed by atoms with van der Waals surface area (Å²) in [4.78, 5) is 4.68. The van der Waals surface area contributed by atoms with E-state index >= 15 is 0 Å². The molecule has 1 saturated heterocycles. The molecular formula is C15H24N2O2. The van der Waals surface area contributed by atoms with Crippen LogP contribution in [0.4, 0.5) is 0 Å². The Labute approximate surface area is 115 Å². The van der Waals surface area contributed by atoms with Gasteiger partial charge in [-0.2, -0.15) is 0 Å². The van der Waals surface area contributed by atoms with E-state index in [2.05, 4.69) is 30.8 Å². The van der Waals surface area contributed by atoms with Crippen molar-refractivity contribution in [2.24, 2.45) is 0 Å². The lowest BCUT2D eigenvalue weighted by Crippen LogP contribution is -2.37. The highest BCUT2D eigenvalue weighted by Gasteiger charge is 2.24. The summed E-state index contributed by atoms with van der Waals surface area (Å²) in [5, 5.41) is 19.1. The molecule has 2 N–H and O–H groups in total. The van der Waals surface area contributed by atoms with Gasteiger partial charge in [0.25, 0.3) is 0 Å². The van der Waals surface area contributed by atoms with Crippen molar-refractivity contribution in [2.75, 3.05) is 27.2 Å². The highest BCUT2D eigenvalue weighted by molar-refractivity contribution is 5.37. The number of phenolic OH excluding ortho intramolecular Hbond substituents is 2. The first-order valence-electron chi connectivity index (χ1n) is 6.91. The lowest BCUT2D eigenvalue weighted by atomic mass is 10.1. The van der Waals surface area contributed by atoms with Gasteiger partial charge in [-0.25, -0.2) is 0 Å². The summed E-state index contributed by atoms with van der Waals surface area (Å²) in [6, 6.07) is 5.59. The average molecular weight is 264 g/mol. The molecule has 0 aliphatic carbocycles. The van der Waals surface area contributed by atoms with E-state index in [0.717, 1.165) is 12.1 Å². The topological polar surface area (TPSA) is 46.9 Å². The lowest BCUT2D eigenvalue weighted by molar-refractivity contribution is 0.185. The van der Waals surface area contributed by atoms with Crippen molar-refractivity contribution in [1.29, 1.82) is 0 Å². The first-order valence-corrected chi connectivity index (χ1v) is 6.91. The molecule has 19 heavy (non-hydrogen) atoms. The van der Waals surface area contributed by atoms with Gasteiger partial charge < -0.3 is 15.1 Å². The second-order valence-corrected chi connectivity index (χ2v) is 5.67. The molecule has 2 unspecified atom stereocenters. The fourth-order valence-electron chi connectivity index (χ4n) is 2.81. The maximum Gasteiger partial charge on any atom is 0.119 e. The van der Waals surface area contributed by atoms with E-state index in [9.17, 15) is 10.2 Å². The molecule has 1 aromatic rings. The Bertz CT molecular complexity index is 416. The normalized spacial score (nSPS) is 22.0. The first-order chi connectivity index (χ1) is 8.97. The van der Waals surface area contributed by atoms with Gasteiger partial charge in [0.1, 0.15) is 11.5 Å². The summed E-state index contributed by atoms with van der Waals surface area (Å²) in [6.07, 6.45) is 2.52. The van der Waals surface area contributed by atoms with Crippen LogP contribution in [0.25, 0.3) is 0 Å². The maximum atomic E-state index is 9.56. The van der Waals surface area contributed by atoms with Crippen LogP contribution in [0.1, 0.15) is 31.4 Å². The number of likely N-dealkylation sites (tertiary alicyclic amines) is 1. The van der Waals surface area contributed by atoms with Gasteiger partial charge in [0.2, 0.25) is 0 Å². The lowest BCUT2D eigenvalue weighted by Gasteiger charge is -2.30. The highest BCUT2D eigenvalue weighted by Crippen LogP contribution is 2.28. The minimum absolute atomic E-state index is 0.119. The van der Waals surface area contributed by atoms with E-state index < -0.39 is 0 Å². The zero-order chi connectivity index (χ0) is 14.0. The Hall–Kier alpha value is -1.26. The van der Waals surface area contributed by atoms with Crippen molar-refractivity contribution < 1.29 is 10.2 Å². The van der Waals surface area contributed by atoms with Crippen molar-refractivity contribution in [1.82, 2.24) is 9.80 Å². The molecule has 4 heteroatoms. The van der Waals surface area contributed by atoms with Crippen molar-refractivity contribution in [3.8, 4) is 11.5 Å². The van der Waals surface area contributed by atoms with Crippen LogP contribution in [0.15, 0.2) is 18.2 Å². The molecule has 0 amide bonds. The Balaban J connectivity index is 2.03. The number of phenols is 2. The van der Waals surface area contributed by atoms with Crippen LogP contribution in [0.2, 0.25) is 0 Å². The van der Waals surface area contributed by atoms with Crippen molar-refractivity contribution in [2.45, 2.75) is 31.8 Å². The first kappa shape index (κ1) is 14.2. The van der Waals surface area contributed by atoms with Crippen molar-refractivity contribution in [3.05, 3.63) is 23.8 Å². The third kappa shape index (κ3) is 3.39. The van der Waals surface area contributed by atoms with E-state index in [-0.39, 0.29) is 17.5 Å². The van der Waals surface area contributed by atoms with Crippen molar-refractivity contribution in [3.63, 3.8) is 0 Å². The molecule has 2 atom stereocenters. The molecule has 1 heterocycles. The maximum absolute atomic E-state index is 9.56. The molecule has 1 fully saturated rings. The molecular weight excluding hydrogens is 240 g/mol. The second-order valence-electron chi connectivity index (χ2n) is 5.67. The SMILES string of the molecule is CC(c1cc(O)cc(O)c1)N(C)CC1CCCN1C. The van der Waals surface area contributed by atoms with Gasteiger partial charge in [-0.15, -0.1) is 0 Å². The predicted molar refractivity (Wildman–Crippen MR) is 76.5 cm³/mol. The van der Waals surface area contributed by atoms with Gasteiger partial charge in [0.05, 0.1) is 0 Å². The zero-order valence-electron chi connectivity index (χ0n) is 12.0. The van der Waals surface area contributed by atoms with E-state index in [0.29, 0.717) is 6.04 Å². The van der Waals surface area contributed by atoms with E-state index in [1.54, 1.807) is 12.1 Å². The fraction of sp³-hybridized carbons (Fsp3) is 0.600. The number of likely N-dealkylation sites (N-methyl/N-ethyl adjacent to an activating group) is 2. The number of benzene rings is 1. The van der Waals surface area contributed by atoms with Gasteiger partial charge >= 0.3 is 0 Å². The van der Waals surface area contributed by atoms with Crippen LogP contribution in [0.3, 0.4) is 0 Å². The predicted octanol–water partition coefficient (Wildman–Crippen LogP) is 2.18. The third-order valence-corrected chi connectivity index (χ3v) is 4.24. The van der Waals surface area contributed by atoms with Crippen LogP contribution in [0.5, 0.6) is 11.5 Å². The number of aromatic hydroxyl groups is 2. The Kier molecular flexibility index (Phi) is 4.32. The number of rotatable bonds is 4. The summed E-state index contributed by atoms with van der Waals surface area (Å²) in [7, 11) is 4.27. The molecule has 1 aromatic carbocycles. The molecule has 0 aromatic heterocycles. The Morgan fingerprint density at radius 1 is 1.32 bits per heavy atom. The summed E-state index contributed by atoms with van der Waals surface area (Å²) < 4.78 is 0. The van der Waals surface area contributed by atoms with Crippen molar-refractivity contribution >= 4 is 0 Å². The quantitative estimate of drug-likeness (QED) is 0.875. The zero-order valence-corrected chi connectivity index (χ0v) is 12.0. The van der Waals surface area contributed by atoms with E-state index in [1.807, 2.05) is 0 Å². The van der Waals surface area contributed by atoms with Gasteiger partial charge in [-0.1, -0.05) is 0 Å². The number of hydrogen-bond donors (Lipinski definition) is 2. The summed E-state index contributed by atoms with van der Waals surface area (Å²) in [6.45, 7) is 4.29. The molecule has 1 aliphatic rings. The molecule has 0 radical (unpaired) electrons. The molecule has 106 valence electrons. The standard InChI is InChI=1S/C15H24N2O2/c1-11(12-7-14(18)9-15(19)8-12)17(3)10-13-5-4-6-16(13)2/h7-9,11,13,18-19H,4-6,10H2,1-3H3. The molecule has 0 saturated carbocycles. The Morgan fingerprint density at radius 2 is 1.95 bits per heavy atom. The van der Waals surface area contributed by atoms with Gasteiger partial charge in [0.15, 0.2) is 0 Å². The van der Waals surface area contributed by atoms with Gasteiger partial charge in [-0.3, -0.25) is 4.90 Å². The molecule has 2 rings (SSSR count). The summed E-state index contributed by atoms with van der Waals surface area (Å²) in [5.74, 6) is 0.237. The van der Waals surface area contributed by atoms with Crippen LogP contribution in [-0.2, 0) is 0 Å². The van der Waals surface area contributed by atoms with E-state index in [1.165, 1.54) is 25.5 Å². The van der Waals surface area contributed by atoms with Crippen LogP contribution < -0.4 is 0 Å². The molecule has 0 spiro atoms. The average Bonchev–Trinajstić information content (AvgIpc) is 2.72. The van der Waals surface area contributed by atoms with Crippen LogP contribution >= 0.6 is 0 Å². The highest BCUT2D eigenvalue weighted by atomic mass is 16.3. The third-order valence-electron chi connectivity index (χ3n) is 4.24. The second kappa shape index (κ2) is 5.80. The summed E-state index contributed by atoms with van der Waals surface area (Å²) >= 11 is 0. The summed E-state index contributed by atoms with van der Waals surface area (Å²) in [5.41, 5.74) is 0.945. The molecule has 0 bridgehead atoms. The minimum Gasteiger partial charge on any atom is -0.508 e. The van der Waals surface area contributed by atoms with Crippen LogP contribution in [-0.4, -0.2) is 53.2 Å². The fourth-order valence-corrected chi connectivity index (χ4v) is 2.81. The number of hydrogen-bond acceptors (Lipinski definition) is 4. The Morgan fingerprint density at radius 3 is 2.47 bits per heavy atom. The minimum atomic E-state index is 0.119. The monoisotopic (exact) mass is 264 g/mol. The molecule has 1 aliphatic heterocycles. The molecule has 4 nitrogen and oxygen atoms in total. The van der Waals surface area contributed by atoms with Gasteiger partial charge in [0, 0.05) is 24.7 Å². The number of nitrogens with zero attached hydrogens (tertiary/aromatic N) is 2. The smallest absolute Gasteiger partial charge is 0.119 e.